The highest BCUT2D eigenvalue weighted by molar-refractivity contribution is 5.89. The Morgan fingerprint density at radius 3 is 2.33 bits per heavy atom. The van der Waals surface area contributed by atoms with E-state index < -0.39 is 28.5 Å². The highest BCUT2D eigenvalue weighted by atomic mass is 19.4. The molecule has 0 N–H and O–H groups in total. The van der Waals surface area contributed by atoms with Crippen LogP contribution >= 0.6 is 0 Å². The Morgan fingerprint density at radius 2 is 1.92 bits per heavy atom. The van der Waals surface area contributed by atoms with E-state index >= 15 is 0 Å². The minimum Gasteiger partial charge on any atom is -0.465 e. The molecule has 0 aliphatic carbocycles. The van der Waals surface area contributed by atoms with Gasteiger partial charge in [-0.25, -0.2) is 4.79 Å². The first-order valence-electron chi connectivity index (χ1n) is 6.61. The predicted molar refractivity (Wildman–Crippen MR) is 75.5 cm³/mol. The number of hydrogen-bond donors (Lipinski definition) is 0. The largest absolute Gasteiger partial charge is 0.465 e. The van der Waals surface area contributed by atoms with Crippen LogP contribution in [0.4, 0.5) is 18.9 Å². The summed E-state index contributed by atoms with van der Waals surface area (Å²) >= 11 is 0. The van der Waals surface area contributed by atoms with Crippen molar-refractivity contribution >= 4 is 11.7 Å². The van der Waals surface area contributed by atoms with E-state index in [0.29, 0.717) is 5.56 Å². The van der Waals surface area contributed by atoms with Crippen LogP contribution in [0.15, 0.2) is 24.3 Å². The van der Waals surface area contributed by atoms with E-state index in [1.165, 1.54) is 38.3 Å². The molecule has 0 radical (unpaired) electrons. The number of nitro groups is 1. The van der Waals surface area contributed by atoms with E-state index in [2.05, 4.69) is 9.84 Å². The summed E-state index contributed by atoms with van der Waals surface area (Å²) < 4.78 is 44.1. The molecule has 10 heteroatoms. The maximum Gasteiger partial charge on any atom is 0.442 e. The molecule has 0 aliphatic rings. The van der Waals surface area contributed by atoms with Crippen molar-refractivity contribution in [3.63, 3.8) is 0 Å². The van der Waals surface area contributed by atoms with Crippen LogP contribution < -0.4 is 0 Å². The van der Waals surface area contributed by atoms with Crippen molar-refractivity contribution in [1.29, 1.82) is 0 Å². The second-order valence-electron chi connectivity index (χ2n) is 4.88. The molecule has 0 spiro atoms. The Kier molecular flexibility index (Phi) is 4.58. The van der Waals surface area contributed by atoms with Gasteiger partial charge in [0, 0.05) is 0 Å². The number of rotatable bonds is 4. The molecule has 0 bridgehead atoms. The second kappa shape index (κ2) is 6.30. The summed E-state index contributed by atoms with van der Waals surface area (Å²) in [5.41, 5.74) is -1.99. The molecule has 24 heavy (non-hydrogen) atoms. The van der Waals surface area contributed by atoms with E-state index in [-0.39, 0.29) is 17.8 Å². The average Bonchev–Trinajstić information content (AvgIpc) is 2.84. The number of methoxy groups -OCH3 is 1. The van der Waals surface area contributed by atoms with Gasteiger partial charge in [-0.2, -0.15) is 18.3 Å². The third-order valence-electron chi connectivity index (χ3n) is 3.33. The highest BCUT2D eigenvalue weighted by Gasteiger charge is 2.44. The fourth-order valence-electron chi connectivity index (χ4n) is 2.14. The lowest BCUT2D eigenvalue weighted by molar-refractivity contribution is -0.388. The zero-order valence-corrected chi connectivity index (χ0v) is 12.6. The van der Waals surface area contributed by atoms with Gasteiger partial charge in [-0.15, -0.1) is 0 Å². The molecule has 0 fully saturated rings. The van der Waals surface area contributed by atoms with Gasteiger partial charge in [0.1, 0.15) is 5.69 Å². The van der Waals surface area contributed by atoms with Crippen LogP contribution in [0.3, 0.4) is 0 Å². The number of carbonyl (C=O) groups excluding carboxylic acids is 1. The van der Waals surface area contributed by atoms with Crippen molar-refractivity contribution in [2.45, 2.75) is 19.6 Å². The third kappa shape index (κ3) is 3.36. The number of halogens is 3. The molecule has 0 saturated heterocycles. The summed E-state index contributed by atoms with van der Waals surface area (Å²) in [6, 6.07) is 5.90. The maximum absolute atomic E-state index is 12.9. The smallest absolute Gasteiger partial charge is 0.442 e. The van der Waals surface area contributed by atoms with Crippen molar-refractivity contribution < 1.29 is 27.6 Å². The van der Waals surface area contributed by atoms with E-state index in [1.54, 1.807) is 0 Å². The number of nitrogens with zero attached hydrogens (tertiary/aromatic N) is 3. The first-order valence-corrected chi connectivity index (χ1v) is 6.61. The molecule has 7 nitrogen and oxygen atoms in total. The van der Waals surface area contributed by atoms with Crippen LogP contribution in [0, 0.1) is 17.0 Å². The van der Waals surface area contributed by atoms with E-state index in [4.69, 9.17) is 0 Å². The molecule has 128 valence electrons. The fraction of sp³-hybridized carbons (Fsp3) is 0.286. The highest BCUT2D eigenvalue weighted by Crippen LogP contribution is 2.37. The third-order valence-corrected chi connectivity index (χ3v) is 3.33. The number of benzene rings is 1. The minimum atomic E-state index is -4.92. The van der Waals surface area contributed by atoms with Crippen LogP contribution in [-0.4, -0.2) is 27.8 Å². The first-order chi connectivity index (χ1) is 11.1. The number of esters is 1. The van der Waals surface area contributed by atoms with E-state index in [1.807, 2.05) is 0 Å². The summed E-state index contributed by atoms with van der Waals surface area (Å²) in [5, 5.41) is 14.2. The van der Waals surface area contributed by atoms with Crippen molar-refractivity contribution in [2.75, 3.05) is 7.11 Å². The topological polar surface area (TPSA) is 87.3 Å². The lowest BCUT2D eigenvalue weighted by Gasteiger charge is -2.05. The van der Waals surface area contributed by atoms with Crippen molar-refractivity contribution in [1.82, 2.24) is 9.78 Å². The van der Waals surface area contributed by atoms with Gasteiger partial charge in [-0.1, -0.05) is 12.1 Å². The number of alkyl halides is 3. The molecule has 0 atom stereocenters. The van der Waals surface area contributed by atoms with Gasteiger partial charge in [0.25, 0.3) is 0 Å². The molecule has 2 aromatic rings. The van der Waals surface area contributed by atoms with Gasteiger partial charge in [0.2, 0.25) is 5.69 Å². The zero-order valence-electron chi connectivity index (χ0n) is 12.6. The summed E-state index contributed by atoms with van der Waals surface area (Å²) in [6.45, 7) is 1.09. The summed E-state index contributed by atoms with van der Waals surface area (Å²) in [4.78, 5) is 21.1. The standard InChI is InChI=1S/C14H12F3N3O4/c1-8-11(20(22)23)12(14(15,16)17)18-19(8)7-9-3-5-10(6-4-9)13(21)24-2/h3-6H,7H2,1-2H3. The fourth-order valence-corrected chi connectivity index (χ4v) is 2.14. The first kappa shape index (κ1) is 17.4. The van der Waals surface area contributed by atoms with Gasteiger partial charge < -0.3 is 4.74 Å². The maximum atomic E-state index is 12.9. The Morgan fingerprint density at radius 1 is 1.33 bits per heavy atom. The molecule has 1 aromatic carbocycles. The normalized spacial score (nSPS) is 11.4. The van der Waals surface area contributed by atoms with Crippen LogP contribution in [-0.2, 0) is 17.5 Å². The van der Waals surface area contributed by atoms with E-state index in [9.17, 15) is 28.1 Å². The molecular weight excluding hydrogens is 331 g/mol. The summed E-state index contributed by atoms with van der Waals surface area (Å²) in [6.07, 6.45) is -4.92. The number of hydrogen-bond acceptors (Lipinski definition) is 5. The van der Waals surface area contributed by atoms with Gasteiger partial charge in [-0.05, 0) is 24.6 Å². The molecule has 0 aliphatic heterocycles. The Bertz CT molecular complexity index is 782. The Labute approximate surface area is 133 Å². The van der Waals surface area contributed by atoms with E-state index in [0.717, 1.165) is 4.68 Å². The van der Waals surface area contributed by atoms with Gasteiger partial charge in [-0.3, -0.25) is 14.8 Å². The molecule has 0 unspecified atom stereocenters. The van der Waals surface area contributed by atoms with Crippen LogP contribution in [0.1, 0.15) is 27.3 Å². The second-order valence-corrected chi connectivity index (χ2v) is 4.88. The van der Waals surface area contributed by atoms with Crippen LogP contribution in [0.2, 0.25) is 0 Å². The van der Waals surface area contributed by atoms with Crippen molar-refractivity contribution in [2.24, 2.45) is 0 Å². The Balaban J connectivity index is 2.37. The van der Waals surface area contributed by atoms with Crippen LogP contribution in [0.25, 0.3) is 0 Å². The Hall–Kier alpha value is -2.91. The van der Waals surface area contributed by atoms with Gasteiger partial charge >= 0.3 is 17.8 Å². The lowest BCUT2D eigenvalue weighted by Crippen LogP contribution is -2.10. The minimum absolute atomic E-state index is 0.107. The molecule has 0 saturated carbocycles. The monoisotopic (exact) mass is 343 g/mol. The van der Waals surface area contributed by atoms with Crippen LogP contribution in [0.5, 0.6) is 0 Å². The molecule has 1 aromatic heterocycles. The quantitative estimate of drug-likeness (QED) is 0.484. The molecular formula is C14H12F3N3O4. The lowest BCUT2D eigenvalue weighted by atomic mass is 10.1. The number of aromatic nitrogens is 2. The predicted octanol–water partition coefficient (Wildman–Crippen LogP) is 2.95. The van der Waals surface area contributed by atoms with Gasteiger partial charge in [0.15, 0.2) is 0 Å². The average molecular weight is 343 g/mol. The molecule has 2 rings (SSSR count). The molecule has 0 amide bonds. The zero-order chi connectivity index (χ0) is 18.1. The van der Waals surface area contributed by atoms with Gasteiger partial charge in [0.05, 0.1) is 24.1 Å². The summed E-state index contributed by atoms with van der Waals surface area (Å²) in [7, 11) is 1.22. The SMILES string of the molecule is COC(=O)c1ccc(Cn2nc(C(F)(F)F)c([N+](=O)[O-])c2C)cc1. The number of carbonyl (C=O) groups is 1. The van der Waals surface area contributed by atoms with Crippen molar-refractivity contribution in [3.05, 3.63) is 56.9 Å². The van der Waals surface area contributed by atoms with Crippen molar-refractivity contribution in [3.8, 4) is 0 Å². The summed E-state index contributed by atoms with van der Waals surface area (Å²) in [5.74, 6) is -0.549. The number of ether oxygens (including phenoxy) is 1. The molecule has 1 heterocycles.